The van der Waals surface area contributed by atoms with E-state index in [-0.39, 0.29) is 17.5 Å². The fraction of sp³-hybridized carbons (Fsp3) is 0.500. The lowest BCUT2D eigenvalue weighted by atomic mass is 10.2. The minimum atomic E-state index is -3.68. The first-order valence-electron chi connectivity index (χ1n) is 8.31. The molecule has 7 nitrogen and oxygen atoms in total. The van der Waals surface area contributed by atoms with Gasteiger partial charge >= 0.3 is 6.09 Å². The van der Waals surface area contributed by atoms with Crippen molar-refractivity contribution in [1.82, 2.24) is 10.0 Å². The van der Waals surface area contributed by atoms with Gasteiger partial charge in [-0.15, -0.1) is 0 Å². The maximum Gasteiger partial charge on any atom is 0.408 e. The van der Waals surface area contributed by atoms with Crippen LogP contribution in [0.5, 0.6) is 0 Å². The number of nitrogens with one attached hydrogen (secondary N) is 2. The lowest BCUT2D eigenvalue weighted by Crippen LogP contribution is -2.37. The molecule has 0 bridgehead atoms. The summed E-state index contributed by atoms with van der Waals surface area (Å²) in [4.78, 5) is 11.8. The minimum Gasteiger partial charge on any atom is -0.444 e. The Hall–Kier alpha value is -1.90. The number of alkyl carbamates (subject to hydrolysis) is 1. The van der Waals surface area contributed by atoms with Crippen LogP contribution < -0.4 is 10.0 Å². The maximum absolute atomic E-state index is 12.1. The number of aliphatic hydroxyl groups is 1. The predicted octanol–water partition coefficient (Wildman–Crippen LogP) is 2.10. The number of ether oxygens (including phenoxy) is 1. The average Bonchev–Trinajstić information content (AvgIpc) is 2.49. The normalized spacial score (nSPS) is 14.8. The minimum absolute atomic E-state index is 0.138. The van der Waals surface area contributed by atoms with Gasteiger partial charge in [0.1, 0.15) is 5.60 Å². The second-order valence-corrected chi connectivity index (χ2v) is 8.82. The molecule has 0 saturated carbocycles. The quantitative estimate of drug-likeness (QED) is 0.625. The summed E-state index contributed by atoms with van der Waals surface area (Å²) in [7, 11) is -3.68. The summed E-state index contributed by atoms with van der Waals surface area (Å²) in [6.07, 6.45) is 1.39. The van der Waals surface area contributed by atoms with Crippen LogP contribution in [0.15, 0.2) is 41.3 Å². The number of aliphatic hydroxyl groups excluding tert-OH is 1. The zero-order chi connectivity index (χ0) is 20.0. The Bertz CT molecular complexity index is 721. The summed E-state index contributed by atoms with van der Waals surface area (Å²) in [5.74, 6) is 0. The Morgan fingerprint density at radius 1 is 1.23 bits per heavy atom. The van der Waals surface area contributed by atoms with E-state index in [2.05, 4.69) is 10.0 Å². The second-order valence-electron chi connectivity index (χ2n) is 7.05. The molecule has 0 aliphatic heterocycles. The smallest absolute Gasteiger partial charge is 0.408 e. The third-order valence-corrected chi connectivity index (χ3v) is 4.62. The van der Waals surface area contributed by atoms with Crippen molar-refractivity contribution in [2.24, 2.45) is 0 Å². The van der Waals surface area contributed by atoms with Crippen LogP contribution in [0.25, 0.3) is 0 Å². The van der Waals surface area contributed by atoms with Crippen molar-refractivity contribution < 1.29 is 23.1 Å². The standard InChI is InChI=1S/C18H28N2O5S/c1-13-6-10-16(11-7-13)26(23,24)19-12-15(21)9-8-14(2)20-17(22)25-18(3,4)5/h6-11,14-15,19,21H,12H2,1-5H3,(H,20,22)/b9-8-/t14-,15-/m1/s1. The van der Waals surface area contributed by atoms with Gasteiger partial charge in [0.25, 0.3) is 0 Å². The van der Waals surface area contributed by atoms with Crippen molar-refractivity contribution in [2.75, 3.05) is 6.54 Å². The van der Waals surface area contributed by atoms with Gasteiger partial charge in [0, 0.05) is 12.6 Å². The van der Waals surface area contributed by atoms with E-state index in [1.165, 1.54) is 18.2 Å². The first-order valence-corrected chi connectivity index (χ1v) is 9.79. The molecule has 146 valence electrons. The number of carbonyl (C=O) groups excluding carboxylic acids is 1. The van der Waals surface area contributed by atoms with E-state index >= 15 is 0 Å². The third kappa shape index (κ3) is 8.46. The van der Waals surface area contributed by atoms with Gasteiger partial charge in [-0.2, -0.15) is 0 Å². The monoisotopic (exact) mass is 384 g/mol. The molecule has 1 rings (SSSR count). The Kier molecular flexibility index (Phi) is 7.80. The third-order valence-electron chi connectivity index (χ3n) is 3.18. The van der Waals surface area contributed by atoms with E-state index in [1.807, 2.05) is 6.92 Å². The molecule has 1 aromatic carbocycles. The zero-order valence-corrected chi connectivity index (χ0v) is 16.6. The molecule has 1 aromatic rings. The van der Waals surface area contributed by atoms with Crippen molar-refractivity contribution in [3.63, 3.8) is 0 Å². The summed E-state index contributed by atoms with van der Waals surface area (Å²) in [5.41, 5.74) is 0.361. The van der Waals surface area contributed by atoms with Crippen LogP contribution in [0.1, 0.15) is 33.3 Å². The van der Waals surface area contributed by atoms with Gasteiger partial charge in [0.15, 0.2) is 0 Å². The number of hydrogen-bond donors (Lipinski definition) is 3. The van der Waals surface area contributed by atoms with Gasteiger partial charge in [-0.3, -0.25) is 0 Å². The first-order chi connectivity index (χ1) is 11.9. The molecular weight excluding hydrogens is 356 g/mol. The number of aryl methyl sites for hydroxylation is 1. The highest BCUT2D eigenvalue weighted by molar-refractivity contribution is 7.89. The van der Waals surface area contributed by atoms with Crippen LogP contribution in [0.4, 0.5) is 4.79 Å². The lowest BCUT2D eigenvalue weighted by Gasteiger charge is -2.21. The van der Waals surface area contributed by atoms with E-state index in [0.29, 0.717) is 0 Å². The molecule has 0 spiro atoms. The Morgan fingerprint density at radius 2 is 1.81 bits per heavy atom. The van der Waals surface area contributed by atoms with Crippen molar-refractivity contribution >= 4 is 16.1 Å². The maximum atomic E-state index is 12.1. The molecule has 2 atom stereocenters. The second kappa shape index (κ2) is 9.16. The fourth-order valence-corrected chi connectivity index (χ4v) is 2.95. The van der Waals surface area contributed by atoms with E-state index in [4.69, 9.17) is 4.74 Å². The van der Waals surface area contributed by atoms with Crippen LogP contribution in [-0.4, -0.2) is 43.9 Å². The van der Waals surface area contributed by atoms with Gasteiger partial charge in [0.05, 0.1) is 11.0 Å². The molecule has 0 aliphatic carbocycles. The molecule has 1 amide bonds. The zero-order valence-electron chi connectivity index (χ0n) is 15.8. The summed E-state index contributed by atoms with van der Waals surface area (Å²) >= 11 is 0. The van der Waals surface area contributed by atoms with Crippen molar-refractivity contribution in [1.29, 1.82) is 0 Å². The van der Waals surface area contributed by atoms with Crippen LogP contribution in [0.2, 0.25) is 0 Å². The van der Waals surface area contributed by atoms with Crippen LogP contribution >= 0.6 is 0 Å². The van der Waals surface area contributed by atoms with Crippen LogP contribution in [-0.2, 0) is 14.8 Å². The lowest BCUT2D eigenvalue weighted by molar-refractivity contribution is 0.0517. The van der Waals surface area contributed by atoms with E-state index in [0.717, 1.165) is 5.56 Å². The molecule has 0 saturated heterocycles. The average molecular weight is 384 g/mol. The summed E-state index contributed by atoms with van der Waals surface area (Å²) in [6, 6.07) is 6.04. The van der Waals surface area contributed by atoms with Crippen LogP contribution in [0, 0.1) is 6.92 Å². The van der Waals surface area contributed by atoms with Crippen molar-refractivity contribution in [3.05, 3.63) is 42.0 Å². The molecule has 8 heteroatoms. The van der Waals surface area contributed by atoms with Gasteiger partial charge in [-0.25, -0.2) is 17.9 Å². The van der Waals surface area contributed by atoms with Gasteiger partial charge in [-0.05, 0) is 46.8 Å². The summed E-state index contributed by atoms with van der Waals surface area (Å²) < 4.78 is 31.8. The Morgan fingerprint density at radius 3 is 2.35 bits per heavy atom. The first kappa shape index (κ1) is 22.1. The van der Waals surface area contributed by atoms with E-state index < -0.39 is 27.8 Å². The Labute approximate surface area is 155 Å². The molecule has 0 heterocycles. The van der Waals surface area contributed by atoms with E-state index in [1.54, 1.807) is 45.9 Å². The molecule has 0 fully saturated rings. The molecular formula is C18H28N2O5S. The molecule has 0 unspecified atom stereocenters. The van der Waals surface area contributed by atoms with Gasteiger partial charge < -0.3 is 15.2 Å². The molecule has 0 aliphatic rings. The summed E-state index contributed by atoms with van der Waals surface area (Å²) in [5, 5.41) is 12.5. The highest BCUT2D eigenvalue weighted by Crippen LogP contribution is 2.10. The van der Waals surface area contributed by atoms with Crippen molar-refractivity contribution in [2.45, 2.75) is 57.3 Å². The SMILES string of the molecule is Cc1ccc(S(=O)(=O)NC[C@H](O)/C=C\[C@@H](C)NC(=O)OC(C)(C)C)cc1. The number of sulfonamides is 1. The Balaban J connectivity index is 2.50. The highest BCUT2D eigenvalue weighted by Gasteiger charge is 2.17. The number of hydrogen-bond acceptors (Lipinski definition) is 5. The number of rotatable bonds is 7. The molecule has 0 radical (unpaired) electrons. The number of amides is 1. The summed E-state index contributed by atoms with van der Waals surface area (Å²) in [6.45, 7) is 8.69. The number of carbonyl (C=O) groups is 1. The fourth-order valence-electron chi connectivity index (χ4n) is 1.90. The van der Waals surface area contributed by atoms with E-state index in [9.17, 15) is 18.3 Å². The molecule has 0 aromatic heterocycles. The number of benzene rings is 1. The topological polar surface area (TPSA) is 105 Å². The largest absolute Gasteiger partial charge is 0.444 e. The molecule has 26 heavy (non-hydrogen) atoms. The van der Waals surface area contributed by atoms with Crippen molar-refractivity contribution in [3.8, 4) is 0 Å². The predicted molar refractivity (Wildman–Crippen MR) is 100 cm³/mol. The van der Waals surface area contributed by atoms with Crippen LogP contribution in [0.3, 0.4) is 0 Å². The van der Waals surface area contributed by atoms with Gasteiger partial charge in [-0.1, -0.05) is 29.8 Å². The highest BCUT2D eigenvalue weighted by atomic mass is 32.2. The molecule has 3 N–H and O–H groups in total. The van der Waals surface area contributed by atoms with Gasteiger partial charge in [0.2, 0.25) is 10.0 Å².